The first kappa shape index (κ1) is 14.4. The molecule has 0 radical (unpaired) electrons. The van der Waals surface area contributed by atoms with Crippen LogP contribution < -0.4 is 5.32 Å². The molecule has 0 aliphatic carbocycles. The Morgan fingerprint density at radius 1 is 1.40 bits per heavy atom. The summed E-state index contributed by atoms with van der Waals surface area (Å²) in [6.07, 6.45) is 1.02. The van der Waals surface area contributed by atoms with Crippen molar-refractivity contribution < 1.29 is 9.53 Å². The van der Waals surface area contributed by atoms with Gasteiger partial charge in [0.05, 0.1) is 6.61 Å². The van der Waals surface area contributed by atoms with Crippen LogP contribution in [0.15, 0.2) is 0 Å². The summed E-state index contributed by atoms with van der Waals surface area (Å²) in [5.41, 5.74) is 0. The standard InChI is InChI=1S/C11H24N2O2/c1-5-8-12-10(9-13(4)6-2)11(14)15-7-3/h10,12H,5-9H2,1-4H3. The highest BCUT2D eigenvalue weighted by atomic mass is 16.5. The first-order chi connectivity index (χ1) is 7.15. The molecule has 0 saturated heterocycles. The molecule has 0 spiro atoms. The van der Waals surface area contributed by atoms with Crippen molar-refractivity contribution in [2.75, 3.05) is 33.3 Å². The van der Waals surface area contributed by atoms with Crippen LogP contribution in [-0.4, -0.2) is 50.2 Å². The van der Waals surface area contributed by atoms with Gasteiger partial charge in [0.15, 0.2) is 0 Å². The number of esters is 1. The Kier molecular flexibility index (Phi) is 8.33. The van der Waals surface area contributed by atoms with Crippen molar-refractivity contribution in [3.05, 3.63) is 0 Å². The van der Waals surface area contributed by atoms with Crippen LogP contribution in [0.3, 0.4) is 0 Å². The van der Waals surface area contributed by atoms with Gasteiger partial charge in [-0.3, -0.25) is 4.79 Å². The maximum absolute atomic E-state index is 11.6. The topological polar surface area (TPSA) is 41.6 Å². The second-order valence-electron chi connectivity index (χ2n) is 3.61. The molecule has 0 rings (SSSR count). The van der Waals surface area contributed by atoms with Crippen molar-refractivity contribution >= 4 is 5.97 Å². The first-order valence-corrected chi connectivity index (χ1v) is 5.74. The number of nitrogens with zero attached hydrogens (tertiary/aromatic N) is 1. The minimum Gasteiger partial charge on any atom is -0.465 e. The Hall–Kier alpha value is -0.610. The number of rotatable bonds is 8. The number of hydrogen-bond acceptors (Lipinski definition) is 4. The lowest BCUT2D eigenvalue weighted by Gasteiger charge is -2.22. The van der Waals surface area contributed by atoms with Gasteiger partial charge in [-0.2, -0.15) is 0 Å². The number of hydrogen-bond donors (Lipinski definition) is 1. The van der Waals surface area contributed by atoms with Gasteiger partial charge in [-0.05, 0) is 33.5 Å². The first-order valence-electron chi connectivity index (χ1n) is 5.74. The number of ether oxygens (including phenoxy) is 1. The molecule has 0 fully saturated rings. The molecule has 4 nitrogen and oxygen atoms in total. The van der Waals surface area contributed by atoms with Crippen LogP contribution in [0.25, 0.3) is 0 Å². The van der Waals surface area contributed by atoms with Crippen LogP contribution in [0.1, 0.15) is 27.2 Å². The van der Waals surface area contributed by atoms with Crippen LogP contribution in [0.5, 0.6) is 0 Å². The second-order valence-corrected chi connectivity index (χ2v) is 3.61. The minimum absolute atomic E-state index is 0.147. The number of likely N-dealkylation sites (N-methyl/N-ethyl adjacent to an activating group) is 1. The summed E-state index contributed by atoms with van der Waals surface area (Å²) in [4.78, 5) is 13.7. The molecular weight excluding hydrogens is 192 g/mol. The van der Waals surface area contributed by atoms with Gasteiger partial charge in [0, 0.05) is 6.54 Å². The molecule has 0 saturated carbocycles. The lowest BCUT2D eigenvalue weighted by Crippen LogP contribution is -2.46. The van der Waals surface area contributed by atoms with Crippen molar-refractivity contribution in [1.82, 2.24) is 10.2 Å². The molecular formula is C11H24N2O2. The Bertz CT molecular complexity index is 174. The molecule has 1 atom stereocenters. The quantitative estimate of drug-likeness (QED) is 0.611. The molecule has 0 aromatic rings. The highest BCUT2D eigenvalue weighted by Gasteiger charge is 2.19. The molecule has 0 aliphatic rings. The lowest BCUT2D eigenvalue weighted by molar-refractivity contribution is -0.146. The summed E-state index contributed by atoms with van der Waals surface area (Å²) in [6.45, 7) is 8.91. The highest BCUT2D eigenvalue weighted by Crippen LogP contribution is 1.94. The Morgan fingerprint density at radius 2 is 2.07 bits per heavy atom. The normalized spacial score (nSPS) is 12.9. The van der Waals surface area contributed by atoms with Crippen LogP contribution in [0.2, 0.25) is 0 Å². The predicted molar refractivity (Wildman–Crippen MR) is 61.9 cm³/mol. The van der Waals surface area contributed by atoms with E-state index in [2.05, 4.69) is 24.1 Å². The summed E-state index contributed by atoms with van der Waals surface area (Å²) in [5.74, 6) is -0.147. The Morgan fingerprint density at radius 3 is 2.53 bits per heavy atom. The monoisotopic (exact) mass is 216 g/mol. The van der Waals surface area contributed by atoms with E-state index in [4.69, 9.17) is 4.74 Å². The molecule has 0 heterocycles. The van der Waals surface area contributed by atoms with Crippen molar-refractivity contribution in [3.8, 4) is 0 Å². The van der Waals surface area contributed by atoms with Gasteiger partial charge in [0.1, 0.15) is 6.04 Å². The minimum atomic E-state index is -0.199. The van der Waals surface area contributed by atoms with Gasteiger partial charge < -0.3 is 15.0 Å². The molecule has 1 unspecified atom stereocenters. The van der Waals surface area contributed by atoms with E-state index in [9.17, 15) is 4.79 Å². The van der Waals surface area contributed by atoms with E-state index in [0.29, 0.717) is 13.2 Å². The fraction of sp³-hybridized carbons (Fsp3) is 0.909. The lowest BCUT2D eigenvalue weighted by atomic mass is 10.2. The summed E-state index contributed by atoms with van der Waals surface area (Å²) in [6, 6.07) is -0.199. The summed E-state index contributed by atoms with van der Waals surface area (Å²) >= 11 is 0. The SMILES string of the molecule is CCCNC(CN(C)CC)C(=O)OCC. The Balaban J connectivity index is 4.10. The van der Waals surface area contributed by atoms with Gasteiger partial charge >= 0.3 is 5.97 Å². The summed E-state index contributed by atoms with van der Waals surface area (Å²) in [5, 5.41) is 3.20. The third-order valence-electron chi connectivity index (χ3n) is 2.25. The van der Waals surface area contributed by atoms with E-state index in [0.717, 1.165) is 19.5 Å². The third-order valence-corrected chi connectivity index (χ3v) is 2.25. The molecule has 0 bridgehead atoms. The van der Waals surface area contributed by atoms with E-state index < -0.39 is 0 Å². The van der Waals surface area contributed by atoms with Crippen molar-refractivity contribution in [2.45, 2.75) is 33.2 Å². The van der Waals surface area contributed by atoms with E-state index in [-0.39, 0.29) is 12.0 Å². The van der Waals surface area contributed by atoms with Gasteiger partial charge in [-0.15, -0.1) is 0 Å². The second kappa shape index (κ2) is 8.68. The fourth-order valence-electron chi connectivity index (χ4n) is 1.22. The number of carbonyl (C=O) groups excluding carboxylic acids is 1. The fourth-order valence-corrected chi connectivity index (χ4v) is 1.22. The smallest absolute Gasteiger partial charge is 0.324 e. The van der Waals surface area contributed by atoms with Crippen LogP contribution in [0, 0.1) is 0 Å². The zero-order valence-corrected chi connectivity index (χ0v) is 10.4. The van der Waals surface area contributed by atoms with Crippen molar-refractivity contribution in [2.24, 2.45) is 0 Å². The van der Waals surface area contributed by atoms with E-state index in [1.54, 1.807) is 0 Å². The average Bonchev–Trinajstić information content (AvgIpc) is 2.24. The zero-order valence-electron chi connectivity index (χ0n) is 10.4. The van der Waals surface area contributed by atoms with E-state index >= 15 is 0 Å². The van der Waals surface area contributed by atoms with Gasteiger partial charge in [-0.25, -0.2) is 0 Å². The van der Waals surface area contributed by atoms with Crippen LogP contribution in [-0.2, 0) is 9.53 Å². The maximum atomic E-state index is 11.6. The van der Waals surface area contributed by atoms with E-state index in [1.807, 2.05) is 14.0 Å². The number of carbonyl (C=O) groups is 1. The molecule has 0 aromatic heterocycles. The highest BCUT2D eigenvalue weighted by molar-refractivity contribution is 5.76. The maximum Gasteiger partial charge on any atom is 0.324 e. The zero-order chi connectivity index (χ0) is 11.7. The van der Waals surface area contributed by atoms with Crippen LogP contribution in [0.4, 0.5) is 0 Å². The van der Waals surface area contributed by atoms with Crippen molar-refractivity contribution in [3.63, 3.8) is 0 Å². The van der Waals surface area contributed by atoms with E-state index in [1.165, 1.54) is 0 Å². The molecule has 0 amide bonds. The number of nitrogens with one attached hydrogen (secondary N) is 1. The summed E-state index contributed by atoms with van der Waals surface area (Å²) in [7, 11) is 2.00. The third kappa shape index (κ3) is 6.47. The molecule has 0 aromatic carbocycles. The summed E-state index contributed by atoms with van der Waals surface area (Å²) < 4.78 is 5.02. The average molecular weight is 216 g/mol. The molecule has 15 heavy (non-hydrogen) atoms. The Labute approximate surface area is 93.0 Å². The molecule has 1 N–H and O–H groups in total. The largest absolute Gasteiger partial charge is 0.465 e. The van der Waals surface area contributed by atoms with Crippen molar-refractivity contribution in [1.29, 1.82) is 0 Å². The molecule has 90 valence electrons. The predicted octanol–water partition coefficient (Wildman–Crippen LogP) is 0.869. The van der Waals surface area contributed by atoms with Gasteiger partial charge in [0.2, 0.25) is 0 Å². The van der Waals surface area contributed by atoms with Gasteiger partial charge in [0.25, 0.3) is 0 Å². The van der Waals surface area contributed by atoms with Gasteiger partial charge in [-0.1, -0.05) is 13.8 Å². The molecule has 4 heteroatoms. The molecule has 0 aliphatic heterocycles. The van der Waals surface area contributed by atoms with Crippen LogP contribution >= 0.6 is 0 Å².